The molecule has 0 aromatic rings. The zero-order valence-corrected chi connectivity index (χ0v) is 7.69. The fraction of sp³-hybridized carbons (Fsp3) is 0.667. The number of hydrogen-bond donors (Lipinski definition) is 0. The first-order valence-electron chi connectivity index (χ1n) is 4.11. The third-order valence-electron chi connectivity index (χ3n) is 1.62. The van der Waals surface area contributed by atoms with Crippen molar-refractivity contribution in [3.63, 3.8) is 0 Å². The summed E-state index contributed by atoms with van der Waals surface area (Å²) in [4.78, 5) is 11.0. The second-order valence-corrected chi connectivity index (χ2v) is 4.07. The molecule has 1 aliphatic rings. The Morgan fingerprint density at radius 1 is 1.64 bits per heavy atom. The molecule has 0 heterocycles. The number of rotatable bonds is 5. The quantitative estimate of drug-likeness (QED) is 0.589. The van der Waals surface area contributed by atoms with Crippen LogP contribution < -0.4 is 0 Å². The average Bonchev–Trinajstić information content (AvgIpc) is 2.80. The van der Waals surface area contributed by atoms with Gasteiger partial charge in [-0.05, 0) is 30.6 Å². The van der Waals surface area contributed by atoms with E-state index in [-0.39, 0.29) is 5.78 Å². The number of hydrogen-bond acceptors (Lipinski definition) is 2. The highest BCUT2D eigenvalue weighted by Crippen LogP contribution is 2.29. The van der Waals surface area contributed by atoms with Gasteiger partial charge in [-0.1, -0.05) is 13.0 Å². The van der Waals surface area contributed by atoms with E-state index >= 15 is 0 Å². The molecular weight excluding hydrogens is 156 g/mol. The van der Waals surface area contributed by atoms with E-state index in [0.717, 1.165) is 11.7 Å². The molecule has 11 heavy (non-hydrogen) atoms. The van der Waals surface area contributed by atoms with E-state index in [1.165, 1.54) is 12.8 Å². The van der Waals surface area contributed by atoms with E-state index in [2.05, 4.69) is 13.0 Å². The molecule has 1 aliphatic carbocycles. The van der Waals surface area contributed by atoms with Crippen LogP contribution in [0.5, 0.6) is 0 Å². The second-order valence-electron chi connectivity index (χ2n) is 2.80. The molecule has 0 N–H and O–H groups in total. The molecule has 1 nitrogen and oxygen atoms in total. The minimum atomic E-state index is 0.267. The van der Waals surface area contributed by atoms with Gasteiger partial charge < -0.3 is 0 Å². The first kappa shape index (κ1) is 8.85. The van der Waals surface area contributed by atoms with Gasteiger partial charge in [-0.15, -0.1) is 0 Å². The number of carbonyl (C=O) groups excluding carboxylic acids is 1. The van der Waals surface area contributed by atoms with Gasteiger partial charge in [0, 0.05) is 0 Å². The molecule has 0 amide bonds. The fourth-order valence-electron chi connectivity index (χ4n) is 0.783. The van der Waals surface area contributed by atoms with Gasteiger partial charge in [-0.3, -0.25) is 4.79 Å². The standard InChI is InChI=1S/C9H14OS/c1-2-11-7-9(10)6-5-8-3-4-8/h5-6,8H,2-4,7H2,1H3/b6-5+. The van der Waals surface area contributed by atoms with Gasteiger partial charge in [0.1, 0.15) is 0 Å². The van der Waals surface area contributed by atoms with Gasteiger partial charge in [-0.2, -0.15) is 11.8 Å². The molecule has 0 aromatic heterocycles. The molecular formula is C9H14OS. The highest BCUT2D eigenvalue weighted by molar-refractivity contribution is 7.99. The summed E-state index contributed by atoms with van der Waals surface area (Å²) in [6, 6.07) is 0. The summed E-state index contributed by atoms with van der Waals surface area (Å²) in [5.74, 6) is 2.68. The first-order chi connectivity index (χ1) is 5.33. The van der Waals surface area contributed by atoms with Crippen LogP contribution in [0.3, 0.4) is 0 Å². The van der Waals surface area contributed by atoms with Crippen molar-refractivity contribution in [1.29, 1.82) is 0 Å². The summed E-state index contributed by atoms with van der Waals surface area (Å²) in [6.45, 7) is 2.07. The zero-order valence-electron chi connectivity index (χ0n) is 6.88. The number of thioether (sulfide) groups is 1. The predicted octanol–water partition coefficient (Wildman–Crippen LogP) is 2.27. The molecule has 1 rings (SSSR count). The van der Waals surface area contributed by atoms with Crippen LogP contribution in [-0.2, 0) is 4.79 Å². The number of ketones is 1. The summed E-state index contributed by atoms with van der Waals surface area (Å²) in [7, 11) is 0. The third kappa shape index (κ3) is 4.25. The summed E-state index contributed by atoms with van der Waals surface area (Å²) in [5.41, 5.74) is 0. The van der Waals surface area contributed by atoms with Crippen molar-refractivity contribution in [3.05, 3.63) is 12.2 Å². The smallest absolute Gasteiger partial charge is 0.165 e. The van der Waals surface area contributed by atoms with Crippen LogP contribution in [0, 0.1) is 5.92 Å². The lowest BCUT2D eigenvalue weighted by atomic mass is 10.3. The lowest BCUT2D eigenvalue weighted by Crippen LogP contribution is -1.96. The van der Waals surface area contributed by atoms with Gasteiger partial charge in [-0.25, -0.2) is 0 Å². The third-order valence-corrected chi connectivity index (χ3v) is 2.52. The average molecular weight is 170 g/mol. The van der Waals surface area contributed by atoms with Crippen molar-refractivity contribution in [3.8, 4) is 0 Å². The summed E-state index contributed by atoms with van der Waals surface area (Å²) in [5, 5.41) is 0. The molecule has 2 heteroatoms. The van der Waals surface area contributed by atoms with E-state index in [0.29, 0.717) is 5.75 Å². The molecule has 0 unspecified atom stereocenters. The Labute approximate surface area is 72.2 Å². The number of allylic oxidation sites excluding steroid dienone is 2. The summed E-state index contributed by atoms with van der Waals surface area (Å²) in [6.07, 6.45) is 6.37. The molecule has 0 aromatic carbocycles. The van der Waals surface area contributed by atoms with Crippen LogP contribution in [0.1, 0.15) is 19.8 Å². The van der Waals surface area contributed by atoms with Crippen LogP contribution in [0.4, 0.5) is 0 Å². The number of carbonyl (C=O) groups is 1. The minimum Gasteiger partial charge on any atom is -0.294 e. The van der Waals surface area contributed by atoms with Gasteiger partial charge in [0.2, 0.25) is 0 Å². The van der Waals surface area contributed by atoms with Gasteiger partial charge in [0.25, 0.3) is 0 Å². The van der Waals surface area contributed by atoms with E-state index < -0.39 is 0 Å². The maximum Gasteiger partial charge on any atom is 0.165 e. The molecule has 0 atom stereocenters. The van der Waals surface area contributed by atoms with Crippen molar-refractivity contribution >= 4 is 17.5 Å². The Kier molecular flexibility index (Phi) is 3.70. The molecule has 1 fully saturated rings. The molecule has 0 spiro atoms. The van der Waals surface area contributed by atoms with Crippen LogP contribution in [0.25, 0.3) is 0 Å². The molecule has 0 aliphatic heterocycles. The van der Waals surface area contributed by atoms with E-state index in [1.54, 1.807) is 17.8 Å². The van der Waals surface area contributed by atoms with Crippen molar-refractivity contribution in [2.75, 3.05) is 11.5 Å². The molecule has 0 radical (unpaired) electrons. The Balaban J connectivity index is 2.08. The maximum atomic E-state index is 11.0. The summed E-state index contributed by atoms with van der Waals surface area (Å²) < 4.78 is 0. The predicted molar refractivity (Wildman–Crippen MR) is 49.9 cm³/mol. The van der Waals surface area contributed by atoms with E-state index in [9.17, 15) is 4.79 Å². The van der Waals surface area contributed by atoms with E-state index in [4.69, 9.17) is 0 Å². The van der Waals surface area contributed by atoms with Gasteiger partial charge >= 0.3 is 0 Å². The lowest BCUT2D eigenvalue weighted by Gasteiger charge is -1.90. The monoisotopic (exact) mass is 170 g/mol. The fourth-order valence-corrected chi connectivity index (χ4v) is 1.28. The molecule has 0 saturated heterocycles. The van der Waals surface area contributed by atoms with Crippen molar-refractivity contribution in [2.45, 2.75) is 19.8 Å². The van der Waals surface area contributed by atoms with Crippen LogP contribution in [-0.4, -0.2) is 17.3 Å². The Morgan fingerprint density at radius 3 is 2.91 bits per heavy atom. The Morgan fingerprint density at radius 2 is 2.36 bits per heavy atom. The van der Waals surface area contributed by atoms with Crippen LogP contribution in [0.2, 0.25) is 0 Å². The highest BCUT2D eigenvalue weighted by atomic mass is 32.2. The first-order valence-corrected chi connectivity index (χ1v) is 5.27. The summed E-state index contributed by atoms with van der Waals surface area (Å²) >= 11 is 1.69. The largest absolute Gasteiger partial charge is 0.294 e. The van der Waals surface area contributed by atoms with Crippen LogP contribution in [0.15, 0.2) is 12.2 Å². The van der Waals surface area contributed by atoms with Crippen molar-refractivity contribution in [2.24, 2.45) is 5.92 Å². The highest BCUT2D eigenvalue weighted by Gasteiger charge is 2.17. The van der Waals surface area contributed by atoms with Gasteiger partial charge in [0.05, 0.1) is 5.75 Å². The topological polar surface area (TPSA) is 17.1 Å². The maximum absolute atomic E-state index is 11.0. The lowest BCUT2D eigenvalue weighted by molar-refractivity contribution is -0.112. The second kappa shape index (κ2) is 4.60. The zero-order chi connectivity index (χ0) is 8.10. The minimum absolute atomic E-state index is 0.267. The van der Waals surface area contributed by atoms with Gasteiger partial charge in [0.15, 0.2) is 5.78 Å². The Hall–Kier alpha value is -0.240. The SMILES string of the molecule is CCSCC(=O)/C=C/C1CC1. The van der Waals surface area contributed by atoms with E-state index in [1.807, 2.05) is 0 Å². The molecule has 0 bridgehead atoms. The van der Waals surface area contributed by atoms with Crippen molar-refractivity contribution < 1.29 is 4.79 Å². The Bertz CT molecular complexity index is 159. The molecule has 1 saturated carbocycles. The van der Waals surface area contributed by atoms with Crippen LogP contribution >= 0.6 is 11.8 Å². The molecule has 62 valence electrons. The van der Waals surface area contributed by atoms with Crippen molar-refractivity contribution in [1.82, 2.24) is 0 Å². The normalized spacial score (nSPS) is 17.5.